The van der Waals surface area contributed by atoms with E-state index >= 15 is 0 Å². The molecule has 3 N–H and O–H groups in total. The number of ether oxygens (including phenoxy) is 2. The van der Waals surface area contributed by atoms with E-state index in [-0.39, 0.29) is 12.1 Å². The van der Waals surface area contributed by atoms with Crippen LogP contribution in [0.5, 0.6) is 0 Å². The quantitative estimate of drug-likeness (QED) is 0.666. The Morgan fingerprint density at radius 3 is 2.73 bits per heavy atom. The fraction of sp³-hybridized carbons (Fsp3) is 0.938. The van der Waals surface area contributed by atoms with Crippen LogP contribution in [-0.4, -0.2) is 56.1 Å². The summed E-state index contributed by atoms with van der Waals surface area (Å²) in [5.74, 6) is 0. The average molecular weight is 315 g/mol. The second kappa shape index (κ2) is 9.33. The van der Waals surface area contributed by atoms with Crippen LogP contribution in [0.25, 0.3) is 0 Å². The Kier molecular flexibility index (Phi) is 8.14. The van der Waals surface area contributed by atoms with Crippen LogP contribution in [0.15, 0.2) is 0 Å². The van der Waals surface area contributed by atoms with Crippen molar-refractivity contribution in [1.82, 2.24) is 16.0 Å². The molecule has 6 nitrogen and oxygen atoms in total. The van der Waals surface area contributed by atoms with Crippen molar-refractivity contribution in [3.63, 3.8) is 0 Å². The number of carbonyl (C=O) groups excluding carboxylic acids is 1. The molecule has 3 atom stereocenters. The first-order valence-corrected chi connectivity index (χ1v) is 8.34. The van der Waals surface area contributed by atoms with Gasteiger partial charge in [0.25, 0.3) is 0 Å². The van der Waals surface area contributed by atoms with Gasteiger partial charge in [0.05, 0.1) is 13.2 Å². The van der Waals surface area contributed by atoms with Crippen molar-refractivity contribution in [3.8, 4) is 0 Å². The van der Waals surface area contributed by atoms with Gasteiger partial charge >= 0.3 is 6.09 Å². The lowest BCUT2D eigenvalue weighted by atomic mass is 10.1. The number of amides is 1. The molecule has 0 saturated carbocycles. The van der Waals surface area contributed by atoms with Gasteiger partial charge in [-0.3, -0.25) is 0 Å². The van der Waals surface area contributed by atoms with E-state index in [4.69, 9.17) is 9.47 Å². The lowest BCUT2D eigenvalue weighted by molar-refractivity contribution is 0.0520. The van der Waals surface area contributed by atoms with Crippen molar-refractivity contribution in [2.45, 2.75) is 71.2 Å². The topological polar surface area (TPSA) is 71.6 Å². The Morgan fingerprint density at radius 1 is 1.45 bits per heavy atom. The summed E-state index contributed by atoms with van der Waals surface area (Å²) in [4.78, 5) is 11.7. The minimum absolute atomic E-state index is 0.243. The number of nitrogens with one attached hydrogen (secondary N) is 3. The maximum atomic E-state index is 11.7. The summed E-state index contributed by atoms with van der Waals surface area (Å²) in [5, 5.41) is 9.86. The standard InChI is InChI=1S/C16H33N3O3/c1-6-13(10-18-15(20)22-16(3,4)5)19-12(2)9-14-11-21-8-7-17-14/h12-14,17,19H,6-11H2,1-5H3,(H,18,20). The molecule has 1 saturated heterocycles. The van der Waals surface area contributed by atoms with E-state index in [9.17, 15) is 4.79 Å². The van der Waals surface area contributed by atoms with E-state index < -0.39 is 5.60 Å². The number of hydrogen-bond donors (Lipinski definition) is 3. The van der Waals surface area contributed by atoms with E-state index in [1.54, 1.807) is 0 Å². The van der Waals surface area contributed by atoms with E-state index in [1.807, 2.05) is 20.8 Å². The maximum absolute atomic E-state index is 11.7. The van der Waals surface area contributed by atoms with Crippen LogP contribution in [-0.2, 0) is 9.47 Å². The fourth-order valence-electron chi connectivity index (χ4n) is 2.51. The van der Waals surface area contributed by atoms with Crippen molar-refractivity contribution in [2.24, 2.45) is 0 Å². The van der Waals surface area contributed by atoms with Gasteiger partial charge in [0.15, 0.2) is 0 Å². The minimum Gasteiger partial charge on any atom is -0.444 e. The molecule has 0 bridgehead atoms. The predicted octanol–water partition coefficient (Wildman–Crippen LogP) is 1.65. The molecule has 22 heavy (non-hydrogen) atoms. The molecule has 3 unspecified atom stereocenters. The molecule has 1 amide bonds. The minimum atomic E-state index is -0.459. The zero-order chi connectivity index (χ0) is 16.6. The van der Waals surface area contributed by atoms with Crippen LogP contribution in [0.3, 0.4) is 0 Å². The molecule has 1 fully saturated rings. The SMILES string of the molecule is CCC(CNC(=O)OC(C)(C)C)NC(C)CC1COCCN1. The first-order valence-electron chi connectivity index (χ1n) is 8.34. The highest BCUT2D eigenvalue weighted by Gasteiger charge is 2.20. The van der Waals surface area contributed by atoms with Gasteiger partial charge in [0.2, 0.25) is 0 Å². The van der Waals surface area contributed by atoms with Crippen LogP contribution in [0.1, 0.15) is 47.5 Å². The van der Waals surface area contributed by atoms with Crippen LogP contribution < -0.4 is 16.0 Å². The Balaban J connectivity index is 2.26. The maximum Gasteiger partial charge on any atom is 0.407 e. The van der Waals surface area contributed by atoms with Crippen LogP contribution >= 0.6 is 0 Å². The second-order valence-electron chi connectivity index (χ2n) is 7.02. The molecule has 0 radical (unpaired) electrons. The summed E-state index contributed by atoms with van der Waals surface area (Å²) in [7, 11) is 0. The van der Waals surface area contributed by atoms with Gasteiger partial charge in [-0.25, -0.2) is 4.79 Å². The molecule has 0 aromatic heterocycles. The van der Waals surface area contributed by atoms with Gasteiger partial charge in [-0.15, -0.1) is 0 Å². The Labute approximate surface area is 134 Å². The molecule has 0 spiro atoms. The van der Waals surface area contributed by atoms with Crippen LogP contribution in [0, 0.1) is 0 Å². The zero-order valence-electron chi connectivity index (χ0n) is 14.7. The van der Waals surface area contributed by atoms with Crippen molar-refractivity contribution in [3.05, 3.63) is 0 Å². The summed E-state index contributed by atoms with van der Waals surface area (Å²) >= 11 is 0. The molecule has 0 aromatic rings. The van der Waals surface area contributed by atoms with Gasteiger partial charge in [-0.05, 0) is 40.5 Å². The normalized spacial score (nSPS) is 22.0. The predicted molar refractivity (Wildman–Crippen MR) is 88.1 cm³/mol. The van der Waals surface area contributed by atoms with E-state index in [1.165, 1.54) is 0 Å². The molecule has 130 valence electrons. The third-order valence-corrected chi connectivity index (χ3v) is 3.54. The van der Waals surface area contributed by atoms with Crippen molar-refractivity contribution < 1.29 is 14.3 Å². The number of morpholine rings is 1. The highest BCUT2D eigenvalue weighted by molar-refractivity contribution is 5.67. The van der Waals surface area contributed by atoms with Crippen molar-refractivity contribution >= 4 is 6.09 Å². The number of carbonyl (C=O) groups is 1. The molecule has 1 aliphatic heterocycles. The molecule has 6 heteroatoms. The Bertz CT molecular complexity index is 325. The van der Waals surface area contributed by atoms with Crippen LogP contribution in [0.2, 0.25) is 0 Å². The van der Waals surface area contributed by atoms with E-state index in [0.717, 1.165) is 32.6 Å². The zero-order valence-corrected chi connectivity index (χ0v) is 14.7. The Hall–Kier alpha value is -0.850. The Morgan fingerprint density at radius 2 is 2.18 bits per heavy atom. The van der Waals surface area contributed by atoms with Gasteiger partial charge in [-0.1, -0.05) is 6.92 Å². The van der Waals surface area contributed by atoms with Crippen molar-refractivity contribution in [2.75, 3.05) is 26.3 Å². The summed E-state index contributed by atoms with van der Waals surface area (Å²) in [6, 6.07) is 1.02. The monoisotopic (exact) mass is 315 g/mol. The summed E-state index contributed by atoms with van der Waals surface area (Å²) < 4.78 is 10.7. The number of rotatable bonds is 7. The second-order valence-corrected chi connectivity index (χ2v) is 7.02. The van der Waals surface area contributed by atoms with Gasteiger partial charge in [-0.2, -0.15) is 0 Å². The lowest BCUT2D eigenvalue weighted by Gasteiger charge is -2.29. The summed E-state index contributed by atoms with van der Waals surface area (Å²) in [6.45, 7) is 13.0. The van der Waals surface area contributed by atoms with Gasteiger partial charge in [0, 0.05) is 31.2 Å². The summed E-state index contributed by atoms with van der Waals surface area (Å²) in [6.07, 6.45) is 1.61. The number of hydrogen-bond acceptors (Lipinski definition) is 5. The highest BCUT2D eigenvalue weighted by atomic mass is 16.6. The largest absolute Gasteiger partial charge is 0.444 e. The van der Waals surface area contributed by atoms with Crippen LogP contribution in [0.4, 0.5) is 4.79 Å². The van der Waals surface area contributed by atoms with E-state index in [0.29, 0.717) is 18.6 Å². The third kappa shape index (κ3) is 8.56. The number of alkyl carbamates (subject to hydrolysis) is 1. The van der Waals surface area contributed by atoms with E-state index in [2.05, 4.69) is 29.8 Å². The van der Waals surface area contributed by atoms with Gasteiger partial charge in [0.1, 0.15) is 5.60 Å². The molecule has 0 aromatic carbocycles. The van der Waals surface area contributed by atoms with Gasteiger partial charge < -0.3 is 25.4 Å². The highest BCUT2D eigenvalue weighted by Crippen LogP contribution is 2.07. The molecule has 0 aliphatic carbocycles. The lowest BCUT2D eigenvalue weighted by Crippen LogP contribution is -2.49. The van der Waals surface area contributed by atoms with Crippen molar-refractivity contribution in [1.29, 1.82) is 0 Å². The molecular formula is C16H33N3O3. The first kappa shape index (κ1) is 19.2. The summed E-state index contributed by atoms with van der Waals surface area (Å²) in [5.41, 5.74) is -0.459. The molecule has 1 aliphatic rings. The molecule has 1 heterocycles. The molecular weight excluding hydrogens is 282 g/mol. The first-order chi connectivity index (χ1) is 10.3. The third-order valence-electron chi connectivity index (χ3n) is 3.54. The smallest absolute Gasteiger partial charge is 0.407 e. The average Bonchev–Trinajstić information content (AvgIpc) is 2.42. The fourth-order valence-corrected chi connectivity index (χ4v) is 2.51. The molecule has 1 rings (SSSR count).